The molecule has 0 atom stereocenters. The van der Waals surface area contributed by atoms with E-state index < -0.39 is 0 Å². The Bertz CT molecular complexity index is 1270. The van der Waals surface area contributed by atoms with Crippen molar-refractivity contribution in [2.45, 2.75) is 38.3 Å². The third kappa shape index (κ3) is 3.77. The molecular formula is C25H24N4O2. The van der Waals surface area contributed by atoms with Gasteiger partial charge in [-0.25, -0.2) is 4.68 Å². The predicted octanol–water partition coefficient (Wildman–Crippen LogP) is 4.23. The first-order chi connectivity index (χ1) is 15.2. The molecule has 31 heavy (non-hydrogen) atoms. The number of carbonyl (C=O) groups is 1. The summed E-state index contributed by atoms with van der Waals surface area (Å²) in [6.07, 6.45) is 8.12. The Morgan fingerprint density at radius 2 is 1.61 bits per heavy atom. The van der Waals surface area contributed by atoms with Crippen LogP contribution in [0.3, 0.4) is 0 Å². The van der Waals surface area contributed by atoms with Gasteiger partial charge < -0.3 is 9.88 Å². The molecule has 1 aliphatic rings. The molecule has 1 amide bonds. The van der Waals surface area contributed by atoms with E-state index in [1.165, 1.54) is 0 Å². The number of hydrogen-bond donors (Lipinski definition) is 1. The molecule has 5 rings (SSSR count). The molecule has 1 aliphatic carbocycles. The maximum Gasteiger partial charge on any atom is 0.274 e. The minimum Gasteiger partial charge on any atom is -0.346 e. The topological polar surface area (TPSA) is 68.9 Å². The van der Waals surface area contributed by atoms with Crippen molar-refractivity contribution >= 4 is 16.7 Å². The Morgan fingerprint density at radius 3 is 2.32 bits per heavy atom. The van der Waals surface area contributed by atoms with Crippen LogP contribution in [0.1, 0.15) is 47.8 Å². The lowest BCUT2D eigenvalue weighted by Gasteiger charge is -2.16. The van der Waals surface area contributed by atoms with Crippen molar-refractivity contribution in [1.82, 2.24) is 19.7 Å². The van der Waals surface area contributed by atoms with Crippen molar-refractivity contribution in [3.63, 3.8) is 0 Å². The fraction of sp³-hybridized carbons (Fsp3) is 0.240. The zero-order chi connectivity index (χ0) is 21.2. The van der Waals surface area contributed by atoms with E-state index in [0.717, 1.165) is 42.5 Å². The van der Waals surface area contributed by atoms with Gasteiger partial charge in [-0.15, -0.1) is 0 Å². The van der Waals surface area contributed by atoms with Crippen molar-refractivity contribution in [2.75, 3.05) is 0 Å². The van der Waals surface area contributed by atoms with E-state index in [1.54, 1.807) is 4.68 Å². The van der Waals surface area contributed by atoms with Gasteiger partial charge in [0.15, 0.2) is 0 Å². The van der Waals surface area contributed by atoms with Crippen LogP contribution in [0.2, 0.25) is 0 Å². The number of amides is 1. The third-order valence-corrected chi connectivity index (χ3v) is 6.02. The Kier molecular flexibility index (Phi) is 5.12. The molecule has 0 unspecified atom stereocenters. The Balaban J connectivity index is 1.39. The van der Waals surface area contributed by atoms with Gasteiger partial charge in [-0.1, -0.05) is 31.0 Å². The maximum atomic E-state index is 13.0. The van der Waals surface area contributed by atoms with Crippen LogP contribution in [0.15, 0.2) is 77.9 Å². The normalized spacial score (nSPS) is 14.2. The number of nitrogens with zero attached hydrogens (tertiary/aromatic N) is 3. The zero-order valence-electron chi connectivity index (χ0n) is 17.2. The van der Waals surface area contributed by atoms with Crippen LogP contribution in [0.25, 0.3) is 16.5 Å². The first-order valence-corrected chi connectivity index (χ1v) is 10.7. The van der Waals surface area contributed by atoms with Gasteiger partial charge in [0.2, 0.25) is 0 Å². The molecule has 0 radical (unpaired) electrons. The van der Waals surface area contributed by atoms with Crippen LogP contribution < -0.4 is 10.9 Å². The first-order valence-electron chi connectivity index (χ1n) is 10.7. The minimum absolute atomic E-state index is 0.0434. The lowest BCUT2D eigenvalue weighted by molar-refractivity contribution is 0.0950. The number of rotatable bonds is 5. The number of nitrogens with one attached hydrogen (secondary N) is 1. The van der Waals surface area contributed by atoms with Crippen LogP contribution in [0.4, 0.5) is 0 Å². The van der Waals surface area contributed by atoms with Crippen LogP contribution >= 0.6 is 0 Å². The number of hydrogen-bond acceptors (Lipinski definition) is 3. The van der Waals surface area contributed by atoms with E-state index >= 15 is 0 Å². The molecule has 2 heterocycles. The van der Waals surface area contributed by atoms with Crippen molar-refractivity contribution in [3.8, 4) is 5.69 Å². The lowest BCUT2D eigenvalue weighted by Crippen LogP contribution is -2.30. The predicted molar refractivity (Wildman–Crippen MR) is 120 cm³/mol. The molecule has 1 N–H and O–H groups in total. The minimum atomic E-state index is -0.163. The molecule has 156 valence electrons. The average Bonchev–Trinajstić information content (AvgIpc) is 3.53. The largest absolute Gasteiger partial charge is 0.346 e. The van der Waals surface area contributed by atoms with E-state index in [2.05, 4.69) is 10.4 Å². The monoisotopic (exact) mass is 412 g/mol. The summed E-state index contributed by atoms with van der Waals surface area (Å²) in [5, 5.41) is 9.11. The average molecular weight is 412 g/mol. The molecule has 4 aromatic rings. The highest BCUT2D eigenvalue weighted by Crippen LogP contribution is 2.28. The highest BCUT2D eigenvalue weighted by atomic mass is 16.1. The Hall–Kier alpha value is -3.67. The van der Waals surface area contributed by atoms with Gasteiger partial charge in [-0.2, -0.15) is 5.10 Å². The fourth-order valence-corrected chi connectivity index (χ4v) is 4.36. The molecule has 2 aromatic heterocycles. The molecule has 0 spiro atoms. The summed E-state index contributed by atoms with van der Waals surface area (Å²) in [4.78, 5) is 25.7. The van der Waals surface area contributed by atoms with Gasteiger partial charge in [0.05, 0.1) is 23.7 Å². The fourth-order valence-electron chi connectivity index (χ4n) is 4.36. The van der Waals surface area contributed by atoms with Gasteiger partial charge in [0.25, 0.3) is 11.5 Å². The quantitative estimate of drug-likeness (QED) is 0.533. The molecule has 1 saturated carbocycles. The second kappa shape index (κ2) is 8.22. The lowest BCUT2D eigenvalue weighted by atomic mass is 10.1. The summed E-state index contributed by atoms with van der Waals surface area (Å²) in [6.45, 7) is 0.270. The molecule has 1 fully saturated rings. The van der Waals surface area contributed by atoms with Crippen molar-refractivity contribution in [1.29, 1.82) is 0 Å². The summed E-state index contributed by atoms with van der Waals surface area (Å²) in [7, 11) is 0. The van der Waals surface area contributed by atoms with Crippen molar-refractivity contribution < 1.29 is 4.79 Å². The molecule has 6 nitrogen and oxygen atoms in total. The van der Waals surface area contributed by atoms with Crippen LogP contribution in [0.5, 0.6) is 0 Å². The van der Waals surface area contributed by atoms with Crippen LogP contribution in [0, 0.1) is 0 Å². The Labute approximate surface area is 180 Å². The van der Waals surface area contributed by atoms with Crippen molar-refractivity contribution in [3.05, 3.63) is 94.7 Å². The highest BCUT2D eigenvalue weighted by Gasteiger charge is 2.21. The summed E-state index contributed by atoms with van der Waals surface area (Å²) >= 11 is 0. The molecule has 0 aliphatic heterocycles. The van der Waals surface area contributed by atoms with Crippen LogP contribution in [-0.4, -0.2) is 20.3 Å². The van der Waals surface area contributed by atoms with Crippen LogP contribution in [-0.2, 0) is 6.54 Å². The van der Waals surface area contributed by atoms with Gasteiger partial charge in [0.1, 0.15) is 0 Å². The second-order valence-electron chi connectivity index (χ2n) is 8.00. The van der Waals surface area contributed by atoms with Gasteiger partial charge in [0, 0.05) is 29.0 Å². The summed E-state index contributed by atoms with van der Waals surface area (Å²) in [5.41, 5.74) is 2.26. The Morgan fingerprint density at radius 1 is 0.935 bits per heavy atom. The van der Waals surface area contributed by atoms with E-state index in [4.69, 9.17) is 0 Å². The van der Waals surface area contributed by atoms with Gasteiger partial charge >= 0.3 is 0 Å². The first kappa shape index (κ1) is 19.3. The van der Waals surface area contributed by atoms with E-state index in [0.29, 0.717) is 10.9 Å². The number of benzene rings is 2. The van der Waals surface area contributed by atoms with E-state index in [9.17, 15) is 9.59 Å². The third-order valence-electron chi connectivity index (χ3n) is 6.02. The van der Waals surface area contributed by atoms with Crippen molar-refractivity contribution in [2.24, 2.45) is 0 Å². The zero-order valence-corrected chi connectivity index (χ0v) is 17.2. The van der Waals surface area contributed by atoms with E-state index in [-0.39, 0.29) is 24.1 Å². The molecule has 2 aromatic carbocycles. The van der Waals surface area contributed by atoms with Gasteiger partial charge in [-0.05, 0) is 55.3 Å². The standard InChI is InChI=1S/C25H24N4O2/c30-24(18-11-13-19(14-12-18)28-15-5-6-16-28)26-17-23-21-9-3-4-10-22(21)25(31)29(27-23)20-7-1-2-8-20/h3-6,9-16,20H,1-2,7-8,17H2,(H,26,30). The van der Waals surface area contributed by atoms with E-state index in [1.807, 2.05) is 77.6 Å². The summed E-state index contributed by atoms with van der Waals surface area (Å²) < 4.78 is 3.63. The smallest absolute Gasteiger partial charge is 0.274 e. The molecule has 0 saturated heterocycles. The molecule has 6 heteroatoms. The molecular weight excluding hydrogens is 388 g/mol. The molecule has 0 bridgehead atoms. The number of aromatic nitrogens is 3. The summed E-state index contributed by atoms with van der Waals surface area (Å²) in [5.74, 6) is -0.163. The number of fused-ring (bicyclic) bond motifs is 1. The SMILES string of the molecule is O=C(NCc1nn(C2CCCC2)c(=O)c2ccccc12)c1ccc(-n2cccc2)cc1. The maximum absolute atomic E-state index is 13.0. The summed E-state index contributed by atoms with van der Waals surface area (Å²) in [6, 6.07) is 19.0. The highest BCUT2D eigenvalue weighted by molar-refractivity contribution is 5.94. The number of carbonyl (C=O) groups excluding carboxylic acids is 1. The second-order valence-corrected chi connectivity index (χ2v) is 8.00. The van der Waals surface area contributed by atoms with Gasteiger partial charge in [-0.3, -0.25) is 9.59 Å².